The molecule has 0 aliphatic carbocycles. The molecule has 2 aromatic rings. The standard InChI is InChI=1S/C15H11NO6/c1-2-20-15(19)13-8-11(17)10-7-9(3-4-12(10)22-13)14(18)21-6-5-16/h3-4,7-8H,2,6H2,1H3. The molecule has 0 radical (unpaired) electrons. The van der Waals surface area contributed by atoms with E-state index in [0.717, 1.165) is 6.07 Å². The number of esters is 2. The van der Waals surface area contributed by atoms with E-state index in [9.17, 15) is 14.4 Å². The number of hydrogen-bond donors (Lipinski definition) is 0. The van der Waals surface area contributed by atoms with Crippen LogP contribution in [0.2, 0.25) is 0 Å². The number of benzene rings is 1. The highest BCUT2D eigenvalue weighted by molar-refractivity contribution is 5.95. The van der Waals surface area contributed by atoms with E-state index >= 15 is 0 Å². The quantitative estimate of drug-likeness (QED) is 0.790. The first kappa shape index (κ1) is 15.3. The summed E-state index contributed by atoms with van der Waals surface area (Å²) in [5, 5.41) is 8.49. The maximum Gasteiger partial charge on any atom is 0.374 e. The van der Waals surface area contributed by atoms with Crippen LogP contribution in [0.3, 0.4) is 0 Å². The van der Waals surface area contributed by atoms with Gasteiger partial charge in [-0.3, -0.25) is 4.79 Å². The van der Waals surface area contributed by atoms with Crippen molar-refractivity contribution in [1.82, 2.24) is 0 Å². The molecule has 0 unspecified atom stereocenters. The first-order chi connectivity index (χ1) is 10.6. The van der Waals surface area contributed by atoms with Crippen LogP contribution in [-0.4, -0.2) is 25.2 Å². The SMILES string of the molecule is CCOC(=O)c1cc(=O)c2cc(C(=O)OCC#N)ccc2o1. The normalized spacial score (nSPS) is 10.0. The minimum atomic E-state index is -0.737. The number of rotatable bonds is 4. The zero-order valence-electron chi connectivity index (χ0n) is 11.6. The molecule has 0 saturated carbocycles. The smallest absolute Gasteiger partial charge is 0.374 e. The Hall–Kier alpha value is -3.14. The van der Waals surface area contributed by atoms with Crippen LogP contribution in [0, 0.1) is 11.3 Å². The molecule has 1 heterocycles. The molecule has 2 rings (SSSR count). The second-order valence-electron chi connectivity index (χ2n) is 4.14. The average Bonchev–Trinajstić information content (AvgIpc) is 2.52. The molecule has 7 heteroatoms. The third-order valence-corrected chi connectivity index (χ3v) is 2.71. The number of nitriles is 1. The molecule has 0 atom stereocenters. The van der Waals surface area contributed by atoms with Gasteiger partial charge in [0.15, 0.2) is 12.0 Å². The third kappa shape index (κ3) is 3.12. The molecule has 0 aliphatic heterocycles. The Morgan fingerprint density at radius 3 is 2.68 bits per heavy atom. The van der Waals surface area contributed by atoms with Crippen molar-refractivity contribution in [3.05, 3.63) is 45.8 Å². The Morgan fingerprint density at radius 1 is 1.23 bits per heavy atom. The van der Waals surface area contributed by atoms with Crippen molar-refractivity contribution in [1.29, 1.82) is 5.26 Å². The summed E-state index contributed by atoms with van der Waals surface area (Å²) in [7, 11) is 0. The van der Waals surface area contributed by atoms with Crippen LogP contribution in [0.1, 0.15) is 27.8 Å². The van der Waals surface area contributed by atoms with Gasteiger partial charge in [0.2, 0.25) is 5.76 Å². The van der Waals surface area contributed by atoms with Crippen molar-refractivity contribution in [2.45, 2.75) is 6.92 Å². The molecular formula is C15H11NO6. The van der Waals surface area contributed by atoms with Crippen LogP contribution >= 0.6 is 0 Å². The minimum Gasteiger partial charge on any atom is -0.460 e. The van der Waals surface area contributed by atoms with Gasteiger partial charge in [0, 0.05) is 6.07 Å². The summed E-state index contributed by atoms with van der Waals surface area (Å²) in [6.45, 7) is 1.41. The fourth-order valence-corrected chi connectivity index (χ4v) is 1.77. The molecule has 7 nitrogen and oxygen atoms in total. The van der Waals surface area contributed by atoms with E-state index in [2.05, 4.69) is 4.74 Å². The molecule has 22 heavy (non-hydrogen) atoms. The number of ether oxygens (including phenoxy) is 2. The number of carbonyl (C=O) groups is 2. The predicted octanol–water partition coefficient (Wildman–Crippen LogP) is 1.65. The monoisotopic (exact) mass is 301 g/mol. The number of hydrogen-bond acceptors (Lipinski definition) is 7. The molecule has 0 aliphatic rings. The maximum atomic E-state index is 12.0. The summed E-state index contributed by atoms with van der Waals surface area (Å²) in [6.07, 6.45) is 0. The zero-order chi connectivity index (χ0) is 16.1. The Labute approximate surface area is 124 Å². The summed E-state index contributed by atoms with van der Waals surface area (Å²) < 4.78 is 14.7. The molecule has 112 valence electrons. The fourth-order valence-electron chi connectivity index (χ4n) is 1.77. The highest BCUT2D eigenvalue weighted by Gasteiger charge is 2.15. The molecular weight excluding hydrogens is 290 g/mol. The molecule has 0 amide bonds. The third-order valence-electron chi connectivity index (χ3n) is 2.71. The van der Waals surface area contributed by atoms with Crippen LogP contribution in [-0.2, 0) is 9.47 Å². The molecule has 1 aromatic heterocycles. The van der Waals surface area contributed by atoms with Gasteiger partial charge in [-0.15, -0.1) is 0 Å². The van der Waals surface area contributed by atoms with Gasteiger partial charge in [-0.05, 0) is 25.1 Å². The summed E-state index contributed by atoms with van der Waals surface area (Å²) in [6, 6.07) is 6.72. The molecule has 0 spiro atoms. The van der Waals surface area contributed by atoms with E-state index in [4.69, 9.17) is 14.4 Å². The summed E-state index contributed by atoms with van der Waals surface area (Å²) >= 11 is 0. The largest absolute Gasteiger partial charge is 0.460 e. The zero-order valence-corrected chi connectivity index (χ0v) is 11.6. The Balaban J connectivity index is 2.43. The van der Waals surface area contributed by atoms with Gasteiger partial charge in [-0.25, -0.2) is 9.59 Å². The highest BCUT2D eigenvalue weighted by atomic mass is 16.5. The van der Waals surface area contributed by atoms with E-state index in [-0.39, 0.29) is 35.5 Å². The lowest BCUT2D eigenvalue weighted by molar-refractivity contribution is 0.0489. The van der Waals surface area contributed by atoms with Gasteiger partial charge < -0.3 is 13.9 Å². The lowest BCUT2D eigenvalue weighted by Gasteiger charge is -2.04. The summed E-state index contributed by atoms with van der Waals surface area (Å²) in [5.74, 6) is -1.67. The van der Waals surface area contributed by atoms with Gasteiger partial charge in [0.05, 0.1) is 17.6 Å². The highest BCUT2D eigenvalue weighted by Crippen LogP contribution is 2.16. The van der Waals surface area contributed by atoms with E-state index < -0.39 is 17.4 Å². The predicted molar refractivity (Wildman–Crippen MR) is 74.3 cm³/mol. The first-order valence-corrected chi connectivity index (χ1v) is 6.36. The minimum absolute atomic E-state index is 0.110. The average molecular weight is 301 g/mol. The van der Waals surface area contributed by atoms with Crippen molar-refractivity contribution in [2.24, 2.45) is 0 Å². The second-order valence-corrected chi connectivity index (χ2v) is 4.14. The van der Waals surface area contributed by atoms with Crippen LogP contribution < -0.4 is 5.43 Å². The molecule has 1 aromatic carbocycles. The van der Waals surface area contributed by atoms with E-state index in [0.29, 0.717) is 0 Å². The number of nitrogens with zero attached hydrogens (tertiary/aromatic N) is 1. The molecule has 0 fully saturated rings. The fraction of sp³-hybridized carbons (Fsp3) is 0.200. The van der Waals surface area contributed by atoms with E-state index in [1.54, 1.807) is 13.0 Å². The Bertz CT molecular complexity index is 830. The van der Waals surface area contributed by atoms with Gasteiger partial charge in [-0.2, -0.15) is 5.26 Å². The lowest BCUT2D eigenvalue weighted by atomic mass is 10.1. The first-order valence-electron chi connectivity index (χ1n) is 6.36. The van der Waals surface area contributed by atoms with Crippen molar-refractivity contribution in [3.8, 4) is 6.07 Å². The van der Waals surface area contributed by atoms with Gasteiger partial charge >= 0.3 is 11.9 Å². The van der Waals surface area contributed by atoms with Gasteiger partial charge in [0.1, 0.15) is 11.7 Å². The van der Waals surface area contributed by atoms with Crippen LogP contribution in [0.5, 0.6) is 0 Å². The van der Waals surface area contributed by atoms with Crippen LogP contribution in [0.4, 0.5) is 0 Å². The topological polar surface area (TPSA) is 107 Å². The van der Waals surface area contributed by atoms with Crippen LogP contribution in [0.15, 0.2) is 33.5 Å². The van der Waals surface area contributed by atoms with Crippen LogP contribution in [0.25, 0.3) is 11.0 Å². The lowest BCUT2D eigenvalue weighted by Crippen LogP contribution is -2.11. The summed E-state index contributed by atoms with van der Waals surface area (Å²) in [4.78, 5) is 35.2. The van der Waals surface area contributed by atoms with E-state index in [1.807, 2.05) is 0 Å². The van der Waals surface area contributed by atoms with Crippen molar-refractivity contribution in [2.75, 3.05) is 13.2 Å². The summed E-state index contributed by atoms with van der Waals surface area (Å²) in [5.41, 5.74) is -0.231. The van der Waals surface area contributed by atoms with Gasteiger partial charge in [0.25, 0.3) is 0 Å². The number of fused-ring (bicyclic) bond motifs is 1. The Morgan fingerprint density at radius 2 is 2.00 bits per heavy atom. The van der Waals surface area contributed by atoms with E-state index in [1.165, 1.54) is 18.2 Å². The maximum absolute atomic E-state index is 12.0. The molecule has 0 N–H and O–H groups in total. The van der Waals surface area contributed by atoms with Crippen molar-refractivity contribution >= 4 is 22.9 Å². The number of carbonyl (C=O) groups excluding carboxylic acids is 2. The van der Waals surface area contributed by atoms with Crippen molar-refractivity contribution in [3.63, 3.8) is 0 Å². The Kier molecular flexibility index (Phi) is 4.53. The van der Waals surface area contributed by atoms with Gasteiger partial charge in [-0.1, -0.05) is 0 Å². The molecule has 0 bridgehead atoms. The molecule has 0 saturated heterocycles. The van der Waals surface area contributed by atoms with Crippen molar-refractivity contribution < 1.29 is 23.5 Å². The second kappa shape index (κ2) is 6.54.